The van der Waals surface area contributed by atoms with E-state index in [2.05, 4.69) is 11.8 Å². The van der Waals surface area contributed by atoms with Gasteiger partial charge in [-0.25, -0.2) is 4.39 Å². The summed E-state index contributed by atoms with van der Waals surface area (Å²) < 4.78 is 13.6. The first-order valence-corrected chi connectivity index (χ1v) is 5.63. The summed E-state index contributed by atoms with van der Waals surface area (Å²) in [6.07, 6.45) is 2.39. The van der Waals surface area contributed by atoms with Crippen molar-refractivity contribution in [3.05, 3.63) is 35.1 Å². The Morgan fingerprint density at radius 2 is 2.38 bits per heavy atom. The summed E-state index contributed by atoms with van der Waals surface area (Å²) in [6, 6.07) is 7.20. The molecule has 0 N–H and O–H groups in total. The summed E-state index contributed by atoms with van der Waals surface area (Å²) in [6.45, 7) is 3.87. The third-order valence-corrected chi connectivity index (χ3v) is 3.25. The first-order valence-electron chi connectivity index (χ1n) is 5.63. The molecule has 0 aromatic heterocycles. The van der Waals surface area contributed by atoms with Gasteiger partial charge in [0.15, 0.2) is 0 Å². The number of hydrogen-bond acceptors (Lipinski definition) is 2. The van der Waals surface area contributed by atoms with Gasteiger partial charge in [-0.05, 0) is 38.4 Å². The molecule has 0 amide bonds. The normalized spacial score (nSPS) is 20.9. The predicted octanol–water partition coefficient (Wildman–Crippen LogP) is 2.68. The molecule has 1 aliphatic rings. The van der Waals surface area contributed by atoms with Crippen LogP contribution in [0.25, 0.3) is 0 Å². The molecule has 0 spiro atoms. The largest absolute Gasteiger partial charge is 0.296 e. The van der Waals surface area contributed by atoms with E-state index in [1.165, 1.54) is 18.9 Å². The minimum atomic E-state index is -0.266. The summed E-state index contributed by atoms with van der Waals surface area (Å²) in [7, 11) is 0. The van der Waals surface area contributed by atoms with Crippen molar-refractivity contribution in [2.45, 2.75) is 32.4 Å². The molecule has 0 radical (unpaired) electrons. The average molecular weight is 218 g/mol. The van der Waals surface area contributed by atoms with Gasteiger partial charge < -0.3 is 0 Å². The van der Waals surface area contributed by atoms with Crippen molar-refractivity contribution < 1.29 is 4.39 Å². The SMILES string of the molecule is CC1CCCN1Cc1ccc(C#N)cc1F. The van der Waals surface area contributed by atoms with Gasteiger partial charge in [0.05, 0.1) is 11.6 Å². The van der Waals surface area contributed by atoms with Gasteiger partial charge in [-0.1, -0.05) is 6.07 Å². The lowest BCUT2D eigenvalue weighted by atomic mass is 10.1. The van der Waals surface area contributed by atoms with Crippen LogP contribution in [0.2, 0.25) is 0 Å². The molecule has 3 heteroatoms. The molecule has 16 heavy (non-hydrogen) atoms. The van der Waals surface area contributed by atoms with E-state index < -0.39 is 0 Å². The highest BCUT2D eigenvalue weighted by Gasteiger charge is 2.21. The van der Waals surface area contributed by atoms with Gasteiger partial charge in [0, 0.05) is 18.2 Å². The topological polar surface area (TPSA) is 27.0 Å². The third-order valence-electron chi connectivity index (χ3n) is 3.25. The molecule has 1 aromatic rings. The van der Waals surface area contributed by atoms with Gasteiger partial charge in [-0.15, -0.1) is 0 Å². The Kier molecular flexibility index (Phi) is 3.21. The van der Waals surface area contributed by atoms with E-state index in [9.17, 15) is 4.39 Å². The molecule has 84 valence electrons. The van der Waals surface area contributed by atoms with Gasteiger partial charge in [0.25, 0.3) is 0 Å². The van der Waals surface area contributed by atoms with Crippen molar-refractivity contribution in [1.82, 2.24) is 4.90 Å². The summed E-state index contributed by atoms with van der Waals surface area (Å²) >= 11 is 0. The van der Waals surface area contributed by atoms with E-state index in [0.29, 0.717) is 23.7 Å². The van der Waals surface area contributed by atoms with Crippen LogP contribution >= 0.6 is 0 Å². The van der Waals surface area contributed by atoms with E-state index >= 15 is 0 Å². The molecule has 0 aliphatic carbocycles. The number of hydrogen-bond donors (Lipinski definition) is 0. The molecule has 1 atom stereocenters. The Balaban J connectivity index is 2.13. The number of nitriles is 1. The van der Waals surface area contributed by atoms with Crippen LogP contribution in [0.3, 0.4) is 0 Å². The zero-order valence-electron chi connectivity index (χ0n) is 9.41. The summed E-state index contributed by atoms with van der Waals surface area (Å²) in [5.74, 6) is -0.266. The first-order chi connectivity index (χ1) is 7.70. The molecule has 1 heterocycles. The Hall–Kier alpha value is -1.40. The maximum Gasteiger partial charge on any atom is 0.129 e. The first kappa shape index (κ1) is 11.1. The highest BCUT2D eigenvalue weighted by molar-refractivity contribution is 5.32. The van der Waals surface area contributed by atoms with Crippen LogP contribution in [-0.2, 0) is 6.54 Å². The lowest BCUT2D eigenvalue weighted by molar-refractivity contribution is 0.256. The fourth-order valence-electron chi connectivity index (χ4n) is 2.19. The monoisotopic (exact) mass is 218 g/mol. The maximum absolute atomic E-state index is 13.6. The van der Waals surface area contributed by atoms with Gasteiger partial charge in [0.2, 0.25) is 0 Å². The van der Waals surface area contributed by atoms with Crippen molar-refractivity contribution in [1.29, 1.82) is 5.26 Å². The van der Waals surface area contributed by atoms with Gasteiger partial charge in [-0.3, -0.25) is 4.90 Å². The molecule has 0 bridgehead atoms. The zero-order valence-corrected chi connectivity index (χ0v) is 9.41. The molecule has 1 fully saturated rings. The average Bonchev–Trinajstić information content (AvgIpc) is 2.67. The molecule has 1 saturated heterocycles. The van der Waals surface area contributed by atoms with Crippen LogP contribution < -0.4 is 0 Å². The Morgan fingerprint density at radius 1 is 1.56 bits per heavy atom. The summed E-state index contributed by atoms with van der Waals surface area (Å²) in [5.41, 5.74) is 1.07. The number of nitrogens with zero attached hydrogens (tertiary/aromatic N) is 2. The van der Waals surface area contributed by atoms with E-state index in [-0.39, 0.29) is 5.82 Å². The van der Waals surface area contributed by atoms with Gasteiger partial charge >= 0.3 is 0 Å². The smallest absolute Gasteiger partial charge is 0.129 e. The van der Waals surface area contributed by atoms with Gasteiger partial charge in [-0.2, -0.15) is 5.26 Å². The second-order valence-corrected chi connectivity index (χ2v) is 4.38. The minimum absolute atomic E-state index is 0.266. The Labute approximate surface area is 95.3 Å². The number of benzene rings is 1. The lowest BCUT2D eigenvalue weighted by Crippen LogP contribution is -2.26. The second-order valence-electron chi connectivity index (χ2n) is 4.38. The Morgan fingerprint density at radius 3 is 2.94 bits per heavy atom. The van der Waals surface area contributed by atoms with Crippen LogP contribution in [0.15, 0.2) is 18.2 Å². The molecule has 1 unspecified atom stereocenters. The number of rotatable bonds is 2. The number of halogens is 1. The highest BCUT2D eigenvalue weighted by Crippen LogP contribution is 2.21. The molecule has 1 aromatic carbocycles. The third kappa shape index (κ3) is 2.23. The lowest BCUT2D eigenvalue weighted by Gasteiger charge is -2.21. The van der Waals surface area contributed by atoms with Gasteiger partial charge in [0.1, 0.15) is 5.82 Å². The number of likely N-dealkylation sites (tertiary alicyclic amines) is 1. The highest BCUT2D eigenvalue weighted by atomic mass is 19.1. The van der Waals surface area contributed by atoms with E-state index in [0.717, 1.165) is 6.54 Å². The van der Waals surface area contributed by atoms with Crippen molar-refractivity contribution >= 4 is 0 Å². The fraction of sp³-hybridized carbons (Fsp3) is 0.462. The van der Waals surface area contributed by atoms with E-state index in [1.807, 2.05) is 6.07 Å². The van der Waals surface area contributed by atoms with Crippen molar-refractivity contribution in [3.63, 3.8) is 0 Å². The molecular weight excluding hydrogens is 203 g/mol. The molecule has 2 nitrogen and oxygen atoms in total. The van der Waals surface area contributed by atoms with Crippen LogP contribution in [0.5, 0.6) is 0 Å². The van der Waals surface area contributed by atoms with Crippen LogP contribution in [0.1, 0.15) is 30.9 Å². The summed E-state index contributed by atoms with van der Waals surface area (Å²) in [4.78, 5) is 2.28. The molecule has 2 rings (SSSR count). The van der Waals surface area contributed by atoms with Crippen molar-refractivity contribution in [2.75, 3.05) is 6.54 Å². The van der Waals surface area contributed by atoms with Crippen LogP contribution in [0.4, 0.5) is 4.39 Å². The maximum atomic E-state index is 13.6. The summed E-state index contributed by atoms with van der Waals surface area (Å²) in [5, 5.41) is 8.65. The quantitative estimate of drug-likeness (QED) is 0.763. The van der Waals surface area contributed by atoms with E-state index in [1.54, 1.807) is 12.1 Å². The molecule has 1 aliphatic heterocycles. The predicted molar refractivity (Wildman–Crippen MR) is 60.2 cm³/mol. The standard InChI is InChI=1S/C13H15FN2/c1-10-3-2-6-16(10)9-12-5-4-11(8-15)7-13(12)14/h4-5,7,10H,2-3,6,9H2,1H3. The second kappa shape index (κ2) is 4.63. The molecule has 0 saturated carbocycles. The van der Waals surface area contributed by atoms with Crippen LogP contribution in [0, 0.1) is 17.1 Å². The van der Waals surface area contributed by atoms with E-state index in [4.69, 9.17) is 5.26 Å². The fourth-order valence-corrected chi connectivity index (χ4v) is 2.19. The van der Waals surface area contributed by atoms with Crippen molar-refractivity contribution in [2.24, 2.45) is 0 Å². The Bertz CT molecular complexity index is 422. The minimum Gasteiger partial charge on any atom is -0.296 e. The van der Waals surface area contributed by atoms with Crippen molar-refractivity contribution in [3.8, 4) is 6.07 Å². The molecular formula is C13H15FN2. The zero-order chi connectivity index (χ0) is 11.5. The van der Waals surface area contributed by atoms with Crippen LogP contribution in [-0.4, -0.2) is 17.5 Å².